The van der Waals surface area contributed by atoms with E-state index in [2.05, 4.69) is 27.4 Å². The first-order chi connectivity index (χ1) is 6.49. The maximum absolute atomic E-state index is 3.99. The molecule has 1 aliphatic carbocycles. The monoisotopic (exact) mass is 194 g/mol. The van der Waals surface area contributed by atoms with E-state index in [0.29, 0.717) is 5.41 Å². The maximum atomic E-state index is 3.99. The van der Waals surface area contributed by atoms with Crippen molar-refractivity contribution in [2.75, 3.05) is 0 Å². The number of allylic oxidation sites excluding steroid dienone is 1. The lowest BCUT2D eigenvalue weighted by Crippen LogP contribution is -2.09. The molecule has 0 heterocycles. The van der Waals surface area contributed by atoms with Gasteiger partial charge in [-0.2, -0.15) is 0 Å². The molecule has 1 atom stereocenters. The van der Waals surface area contributed by atoms with Crippen LogP contribution in [-0.2, 0) is 0 Å². The van der Waals surface area contributed by atoms with Crippen LogP contribution in [0.5, 0.6) is 0 Å². The van der Waals surface area contributed by atoms with Crippen molar-refractivity contribution in [3.8, 4) is 0 Å². The molecule has 1 unspecified atom stereocenters. The Hall–Kier alpha value is -0.260. The zero-order chi connectivity index (χ0) is 10.6. The third-order valence-corrected chi connectivity index (χ3v) is 3.67. The van der Waals surface area contributed by atoms with Gasteiger partial charge >= 0.3 is 0 Å². The van der Waals surface area contributed by atoms with Gasteiger partial charge in [-0.25, -0.2) is 0 Å². The van der Waals surface area contributed by atoms with E-state index in [4.69, 9.17) is 0 Å². The molecule has 0 saturated heterocycles. The van der Waals surface area contributed by atoms with E-state index in [0.717, 1.165) is 5.92 Å². The largest absolute Gasteiger partial charge is 0.100 e. The SMILES string of the molecule is C=C(C)CCC1CCCC(C)(C)CC1. The summed E-state index contributed by atoms with van der Waals surface area (Å²) in [5.41, 5.74) is 1.96. The van der Waals surface area contributed by atoms with Gasteiger partial charge in [0.2, 0.25) is 0 Å². The molecule has 0 heteroatoms. The van der Waals surface area contributed by atoms with Gasteiger partial charge in [0, 0.05) is 0 Å². The fourth-order valence-corrected chi connectivity index (χ4v) is 2.47. The summed E-state index contributed by atoms with van der Waals surface area (Å²) in [6, 6.07) is 0. The van der Waals surface area contributed by atoms with Crippen molar-refractivity contribution in [1.29, 1.82) is 0 Å². The number of rotatable bonds is 3. The first-order valence-corrected chi connectivity index (χ1v) is 6.14. The van der Waals surface area contributed by atoms with E-state index >= 15 is 0 Å². The molecule has 0 radical (unpaired) electrons. The minimum atomic E-state index is 0.609. The van der Waals surface area contributed by atoms with Crippen molar-refractivity contribution in [2.24, 2.45) is 11.3 Å². The molecular weight excluding hydrogens is 168 g/mol. The van der Waals surface area contributed by atoms with Gasteiger partial charge in [0.15, 0.2) is 0 Å². The van der Waals surface area contributed by atoms with Crippen LogP contribution in [0.3, 0.4) is 0 Å². The average Bonchev–Trinajstić information content (AvgIpc) is 2.23. The highest BCUT2D eigenvalue weighted by atomic mass is 14.3. The fraction of sp³-hybridized carbons (Fsp3) is 0.857. The Bertz CT molecular complexity index is 188. The van der Waals surface area contributed by atoms with Crippen molar-refractivity contribution >= 4 is 0 Å². The fourth-order valence-electron chi connectivity index (χ4n) is 2.47. The van der Waals surface area contributed by atoms with E-state index in [1.807, 2.05) is 0 Å². The maximum Gasteiger partial charge on any atom is -0.0323 e. The highest BCUT2D eigenvalue weighted by Crippen LogP contribution is 2.37. The zero-order valence-corrected chi connectivity index (χ0v) is 10.2. The summed E-state index contributed by atoms with van der Waals surface area (Å²) < 4.78 is 0. The minimum absolute atomic E-state index is 0.609. The quantitative estimate of drug-likeness (QED) is 0.440. The van der Waals surface area contributed by atoms with Gasteiger partial charge in [-0.05, 0) is 50.4 Å². The minimum Gasteiger partial charge on any atom is -0.100 e. The third kappa shape index (κ3) is 4.30. The molecule has 1 saturated carbocycles. The van der Waals surface area contributed by atoms with E-state index in [1.165, 1.54) is 50.5 Å². The number of hydrogen-bond donors (Lipinski definition) is 0. The van der Waals surface area contributed by atoms with E-state index in [9.17, 15) is 0 Å². The molecule has 1 rings (SSSR count). The van der Waals surface area contributed by atoms with Crippen molar-refractivity contribution in [1.82, 2.24) is 0 Å². The Morgan fingerprint density at radius 1 is 1.29 bits per heavy atom. The summed E-state index contributed by atoms with van der Waals surface area (Å²) >= 11 is 0. The van der Waals surface area contributed by atoms with Gasteiger partial charge in [-0.3, -0.25) is 0 Å². The van der Waals surface area contributed by atoms with E-state index in [1.54, 1.807) is 0 Å². The van der Waals surface area contributed by atoms with E-state index in [-0.39, 0.29) is 0 Å². The lowest BCUT2D eigenvalue weighted by Gasteiger charge is -2.21. The van der Waals surface area contributed by atoms with Crippen molar-refractivity contribution < 1.29 is 0 Å². The van der Waals surface area contributed by atoms with Crippen LogP contribution in [0.1, 0.15) is 65.7 Å². The van der Waals surface area contributed by atoms with Gasteiger partial charge in [0.1, 0.15) is 0 Å². The molecule has 0 spiro atoms. The Labute approximate surface area is 89.8 Å². The molecule has 0 N–H and O–H groups in total. The standard InChI is InChI=1S/C14H26/c1-12(2)7-8-13-6-5-10-14(3,4)11-9-13/h13H,1,5-11H2,2-4H3. The summed E-state index contributed by atoms with van der Waals surface area (Å²) in [4.78, 5) is 0. The Balaban J connectivity index is 2.31. The summed E-state index contributed by atoms with van der Waals surface area (Å²) in [6.45, 7) is 11.0. The van der Waals surface area contributed by atoms with Crippen LogP contribution >= 0.6 is 0 Å². The second-order valence-electron chi connectivity index (χ2n) is 5.96. The molecule has 0 nitrogen and oxygen atoms in total. The smallest absolute Gasteiger partial charge is 0.0323 e. The van der Waals surface area contributed by atoms with Crippen LogP contribution in [0.2, 0.25) is 0 Å². The van der Waals surface area contributed by atoms with Gasteiger partial charge in [-0.1, -0.05) is 32.3 Å². The first kappa shape index (κ1) is 11.8. The van der Waals surface area contributed by atoms with Gasteiger partial charge in [0.05, 0.1) is 0 Å². The van der Waals surface area contributed by atoms with Crippen LogP contribution in [0, 0.1) is 11.3 Å². The van der Waals surface area contributed by atoms with Crippen LogP contribution in [-0.4, -0.2) is 0 Å². The summed E-state index contributed by atoms with van der Waals surface area (Å²) in [5, 5.41) is 0. The Kier molecular flexibility index (Phi) is 4.22. The second-order valence-corrected chi connectivity index (χ2v) is 5.96. The van der Waals surface area contributed by atoms with Gasteiger partial charge in [0.25, 0.3) is 0 Å². The van der Waals surface area contributed by atoms with Crippen LogP contribution < -0.4 is 0 Å². The van der Waals surface area contributed by atoms with Crippen molar-refractivity contribution in [3.05, 3.63) is 12.2 Å². The van der Waals surface area contributed by atoms with Gasteiger partial charge in [-0.15, -0.1) is 6.58 Å². The van der Waals surface area contributed by atoms with E-state index < -0.39 is 0 Å². The second kappa shape index (κ2) is 5.00. The van der Waals surface area contributed by atoms with Gasteiger partial charge < -0.3 is 0 Å². The predicted molar refractivity (Wildman–Crippen MR) is 64.4 cm³/mol. The van der Waals surface area contributed by atoms with Crippen LogP contribution in [0.4, 0.5) is 0 Å². The lowest BCUT2D eigenvalue weighted by atomic mass is 9.84. The van der Waals surface area contributed by atoms with Crippen LogP contribution in [0.15, 0.2) is 12.2 Å². The van der Waals surface area contributed by atoms with Crippen molar-refractivity contribution in [2.45, 2.75) is 65.7 Å². The topological polar surface area (TPSA) is 0 Å². The number of hydrogen-bond acceptors (Lipinski definition) is 0. The molecule has 0 aromatic rings. The highest BCUT2D eigenvalue weighted by Gasteiger charge is 2.23. The predicted octanol–water partition coefficient (Wildman–Crippen LogP) is 4.95. The zero-order valence-electron chi connectivity index (χ0n) is 10.2. The molecule has 82 valence electrons. The third-order valence-electron chi connectivity index (χ3n) is 3.67. The van der Waals surface area contributed by atoms with Crippen molar-refractivity contribution in [3.63, 3.8) is 0 Å². The lowest BCUT2D eigenvalue weighted by molar-refractivity contribution is 0.306. The molecule has 0 amide bonds. The Morgan fingerprint density at radius 3 is 2.64 bits per heavy atom. The normalized spacial score (nSPS) is 26.9. The molecule has 1 fully saturated rings. The average molecular weight is 194 g/mol. The molecule has 0 bridgehead atoms. The Morgan fingerprint density at radius 2 is 2.00 bits per heavy atom. The highest BCUT2D eigenvalue weighted by molar-refractivity contribution is 4.88. The molecule has 0 aromatic carbocycles. The molecule has 1 aliphatic rings. The summed E-state index contributed by atoms with van der Waals surface area (Å²) in [7, 11) is 0. The molecule has 0 aliphatic heterocycles. The molecular formula is C14H26. The molecule has 0 aromatic heterocycles. The van der Waals surface area contributed by atoms with Crippen LogP contribution in [0.25, 0.3) is 0 Å². The summed E-state index contributed by atoms with van der Waals surface area (Å²) in [5.74, 6) is 0.980. The first-order valence-electron chi connectivity index (χ1n) is 6.14. The summed E-state index contributed by atoms with van der Waals surface area (Å²) in [6.07, 6.45) is 9.81. The molecule has 14 heavy (non-hydrogen) atoms.